The summed E-state index contributed by atoms with van der Waals surface area (Å²) < 4.78 is 21.6. The number of ether oxygens (including phenoxy) is 1. The topological polar surface area (TPSA) is 96.7 Å². The van der Waals surface area contributed by atoms with Crippen molar-refractivity contribution in [2.75, 3.05) is 30.4 Å². The molecule has 0 bridgehead atoms. The first-order valence-electron chi connectivity index (χ1n) is 11.6. The third-order valence-corrected chi connectivity index (χ3v) is 6.44. The van der Waals surface area contributed by atoms with E-state index >= 15 is 0 Å². The van der Waals surface area contributed by atoms with Crippen molar-refractivity contribution in [1.29, 1.82) is 0 Å². The Morgan fingerprint density at radius 2 is 1.94 bits per heavy atom. The van der Waals surface area contributed by atoms with Gasteiger partial charge in [0.1, 0.15) is 0 Å². The van der Waals surface area contributed by atoms with Gasteiger partial charge in [0, 0.05) is 60.4 Å². The molecule has 4 aromatic rings. The smallest absolute Gasteiger partial charge is 0.316 e. The van der Waals surface area contributed by atoms with Crippen LogP contribution in [0.1, 0.15) is 35.6 Å². The molecule has 1 aliphatic rings. The van der Waals surface area contributed by atoms with Crippen molar-refractivity contribution in [3.63, 3.8) is 0 Å². The Kier molecular flexibility index (Phi) is 5.76. The summed E-state index contributed by atoms with van der Waals surface area (Å²) in [7, 11) is 1.48. The SMILES string of the molecule is COc1ncc2c(N3CC(C)NC(C)C3)ccc(C(=O)Nc3cc(F)c4nc(C)c(C)n4c3)c2n1. The van der Waals surface area contributed by atoms with Crippen molar-refractivity contribution in [2.45, 2.75) is 39.8 Å². The van der Waals surface area contributed by atoms with Crippen LogP contribution < -0.4 is 20.3 Å². The molecule has 9 nitrogen and oxygen atoms in total. The number of nitrogens with zero attached hydrogens (tertiary/aromatic N) is 5. The Balaban J connectivity index is 1.55. The van der Waals surface area contributed by atoms with Crippen LogP contribution >= 0.6 is 0 Å². The summed E-state index contributed by atoms with van der Waals surface area (Å²) in [5, 5.41) is 7.10. The first-order valence-corrected chi connectivity index (χ1v) is 11.6. The summed E-state index contributed by atoms with van der Waals surface area (Å²) in [4.78, 5) is 28.7. The highest BCUT2D eigenvalue weighted by Crippen LogP contribution is 2.31. The van der Waals surface area contributed by atoms with E-state index in [0.29, 0.717) is 28.9 Å². The zero-order chi connectivity index (χ0) is 24.9. The van der Waals surface area contributed by atoms with E-state index in [2.05, 4.69) is 44.3 Å². The lowest BCUT2D eigenvalue weighted by molar-refractivity contribution is 0.102. The average Bonchev–Trinajstić information content (AvgIpc) is 3.11. The van der Waals surface area contributed by atoms with Gasteiger partial charge in [-0.1, -0.05) is 0 Å². The number of piperazine rings is 1. The van der Waals surface area contributed by atoms with Gasteiger partial charge in [0.25, 0.3) is 5.91 Å². The molecule has 10 heteroatoms. The lowest BCUT2D eigenvalue weighted by Crippen LogP contribution is -2.54. The van der Waals surface area contributed by atoms with E-state index in [0.717, 1.165) is 35.6 Å². The van der Waals surface area contributed by atoms with Crippen LogP contribution in [0.25, 0.3) is 16.6 Å². The maximum atomic E-state index is 14.7. The zero-order valence-corrected chi connectivity index (χ0v) is 20.4. The normalized spacial score (nSPS) is 18.3. The maximum Gasteiger partial charge on any atom is 0.316 e. The first kappa shape index (κ1) is 23.0. The Labute approximate surface area is 202 Å². The van der Waals surface area contributed by atoms with Gasteiger partial charge in [0.2, 0.25) is 0 Å². The molecule has 5 rings (SSSR count). The highest BCUT2D eigenvalue weighted by atomic mass is 19.1. The number of aromatic nitrogens is 4. The van der Waals surface area contributed by atoms with E-state index in [1.54, 1.807) is 22.9 Å². The number of aryl methyl sites for hydroxylation is 2. The highest BCUT2D eigenvalue weighted by Gasteiger charge is 2.25. The van der Waals surface area contributed by atoms with E-state index in [4.69, 9.17) is 4.74 Å². The molecule has 2 N–H and O–H groups in total. The largest absolute Gasteiger partial charge is 0.467 e. The first-order chi connectivity index (χ1) is 16.7. The molecule has 1 fully saturated rings. The summed E-state index contributed by atoms with van der Waals surface area (Å²) in [5.41, 5.74) is 3.86. The predicted molar refractivity (Wildman–Crippen MR) is 133 cm³/mol. The fourth-order valence-electron chi connectivity index (χ4n) is 4.77. The van der Waals surface area contributed by atoms with Gasteiger partial charge in [-0.2, -0.15) is 4.98 Å². The van der Waals surface area contributed by atoms with E-state index in [-0.39, 0.29) is 11.7 Å². The second-order valence-corrected chi connectivity index (χ2v) is 9.13. The minimum absolute atomic E-state index is 0.169. The number of pyridine rings is 1. The summed E-state index contributed by atoms with van der Waals surface area (Å²) >= 11 is 0. The van der Waals surface area contributed by atoms with Gasteiger partial charge in [-0.25, -0.2) is 14.4 Å². The predicted octanol–water partition coefficient (Wildman–Crippen LogP) is 3.48. The Morgan fingerprint density at radius 1 is 1.20 bits per heavy atom. The summed E-state index contributed by atoms with van der Waals surface area (Å²) in [6.07, 6.45) is 3.36. The van der Waals surface area contributed by atoms with Gasteiger partial charge in [0.05, 0.1) is 29.6 Å². The number of anilines is 2. The van der Waals surface area contributed by atoms with E-state index in [1.165, 1.54) is 13.2 Å². The molecule has 3 aromatic heterocycles. The fourth-order valence-corrected chi connectivity index (χ4v) is 4.77. The van der Waals surface area contributed by atoms with Crippen molar-refractivity contribution < 1.29 is 13.9 Å². The molecule has 4 heterocycles. The Bertz CT molecular complexity index is 1440. The van der Waals surface area contributed by atoms with E-state index in [1.807, 2.05) is 19.9 Å². The Morgan fingerprint density at radius 3 is 2.66 bits per heavy atom. The van der Waals surface area contributed by atoms with Gasteiger partial charge in [0.15, 0.2) is 11.5 Å². The number of carbonyl (C=O) groups excluding carboxylic acids is 1. The molecular formula is C25H28FN7O2. The maximum absolute atomic E-state index is 14.7. The second-order valence-electron chi connectivity index (χ2n) is 9.13. The van der Waals surface area contributed by atoms with Gasteiger partial charge < -0.3 is 20.3 Å². The fraction of sp³-hybridized carbons (Fsp3) is 0.360. The molecule has 35 heavy (non-hydrogen) atoms. The monoisotopic (exact) mass is 477 g/mol. The number of nitrogens with one attached hydrogen (secondary N) is 2. The Hall–Kier alpha value is -3.79. The number of imidazole rings is 1. The summed E-state index contributed by atoms with van der Waals surface area (Å²) in [5.74, 6) is -0.914. The standard InChI is InChI=1S/C25H28FN7O2/c1-13-10-32(11-14(2)28-13)21-7-6-18(22-19(21)9-27-25(31-22)35-5)24(34)30-17-8-20(26)23-29-15(3)16(4)33(23)12-17/h6-9,12-14,28H,10-11H2,1-5H3,(H,30,34). The number of halogens is 1. The van der Waals surface area contributed by atoms with Crippen molar-refractivity contribution in [3.05, 3.63) is 53.4 Å². The number of fused-ring (bicyclic) bond motifs is 2. The van der Waals surface area contributed by atoms with E-state index < -0.39 is 11.7 Å². The third kappa shape index (κ3) is 4.14. The van der Waals surface area contributed by atoms with Gasteiger partial charge in [-0.3, -0.25) is 9.20 Å². The zero-order valence-electron chi connectivity index (χ0n) is 20.4. The second kappa shape index (κ2) is 8.77. The number of carbonyl (C=O) groups is 1. The molecule has 0 aliphatic carbocycles. The van der Waals surface area contributed by atoms with Crippen LogP contribution in [0.15, 0.2) is 30.6 Å². The molecule has 182 valence electrons. The number of amides is 1. The van der Waals surface area contributed by atoms with Gasteiger partial charge in [-0.15, -0.1) is 0 Å². The van der Waals surface area contributed by atoms with Crippen LogP contribution in [0.2, 0.25) is 0 Å². The van der Waals surface area contributed by atoms with Crippen LogP contribution in [-0.2, 0) is 0 Å². The number of hydrogen-bond acceptors (Lipinski definition) is 7. The average molecular weight is 478 g/mol. The van der Waals surface area contributed by atoms with Crippen molar-refractivity contribution >= 4 is 33.8 Å². The lowest BCUT2D eigenvalue weighted by atomic mass is 10.0. The van der Waals surface area contributed by atoms with E-state index in [9.17, 15) is 9.18 Å². The summed E-state index contributed by atoms with van der Waals surface area (Å²) in [6, 6.07) is 5.74. The number of hydrogen-bond donors (Lipinski definition) is 2. The van der Waals surface area contributed by atoms with Crippen LogP contribution in [0.5, 0.6) is 6.01 Å². The molecule has 2 unspecified atom stereocenters. The molecule has 1 aromatic carbocycles. The molecule has 2 atom stereocenters. The van der Waals surface area contributed by atoms with Crippen LogP contribution in [0, 0.1) is 19.7 Å². The van der Waals surface area contributed by atoms with Crippen LogP contribution in [-0.4, -0.2) is 57.5 Å². The van der Waals surface area contributed by atoms with Gasteiger partial charge in [-0.05, 0) is 39.8 Å². The van der Waals surface area contributed by atoms with Crippen LogP contribution in [0.3, 0.4) is 0 Å². The molecule has 1 amide bonds. The molecule has 0 spiro atoms. The molecule has 1 aliphatic heterocycles. The van der Waals surface area contributed by atoms with Crippen molar-refractivity contribution in [3.8, 4) is 6.01 Å². The van der Waals surface area contributed by atoms with Crippen LogP contribution in [0.4, 0.5) is 15.8 Å². The van der Waals surface area contributed by atoms with Crippen molar-refractivity contribution in [1.82, 2.24) is 24.7 Å². The van der Waals surface area contributed by atoms with Gasteiger partial charge >= 0.3 is 6.01 Å². The van der Waals surface area contributed by atoms with Crippen molar-refractivity contribution in [2.24, 2.45) is 0 Å². The molecule has 1 saturated heterocycles. The number of benzene rings is 1. The third-order valence-electron chi connectivity index (χ3n) is 6.44. The summed E-state index contributed by atoms with van der Waals surface area (Å²) in [6.45, 7) is 9.60. The highest BCUT2D eigenvalue weighted by molar-refractivity contribution is 6.13. The quantitative estimate of drug-likeness (QED) is 0.465. The molecule has 0 radical (unpaired) electrons. The minimum atomic E-state index is -0.509. The number of rotatable bonds is 4. The lowest BCUT2D eigenvalue weighted by Gasteiger charge is -2.38. The number of methoxy groups -OCH3 is 1. The molecular weight excluding hydrogens is 449 g/mol. The minimum Gasteiger partial charge on any atom is -0.467 e. The molecule has 0 saturated carbocycles.